The van der Waals surface area contributed by atoms with E-state index in [4.69, 9.17) is 11.6 Å². The minimum Gasteiger partial charge on any atom is -0.349 e. The molecule has 2 atom stereocenters. The standard InChI is InChI=1S/C14H17ClFNO/c15-9-11-3-1-2-4-13(11)17-14(18)10-5-7-12(16)8-6-10/h5-8,11,13H,1-4,9H2,(H,17,18). The topological polar surface area (TPSA) is 29.1 Å². The van der Waals surface area contributed by atoms with Gasteiger partial charge >= 0.3 is 0 Å². The Balaban J connectivity index is 1.99. The lowest BCUT2D eigenvalue weighted by molar-refractivity contribution is 0.0911. The van der Waals surface area contributed by atoms with Crippen molar-refractivity contribution in [2.75, 3.05) is 5.88 Å². The Kier molecular flexibility index (Phi) is 4.59. The van der Waals surface area contributed by atoms with Crippen LogP contribution in [0, 0.1) is 11.7 Å². The number of alkyl halides is 1. The van der Waals surface area contributed by atoms with Crippen molar-refractivity contribution in [2.24, 2.45) is 5.92 Å². The first-order chi connectivity index (χ1) is 8.70. The number of hydrogen-bond donors (Lipinski definition) is 1. The molecule has 0 spiro atoms. The first-order valence-electron chi connectivity index (χ1n) is 6.33. The molecule has 18 heavy (non-hydrogen) atoms. The molecule has 1 saturated carbocycles. The molecule has 1 aromatic rings. The van der Waals surface area contributed by atoms with E-state index in [2.05, 4.69) is 5.32 Å². The predicted molar refractivity (Wildman–Crippen MR) is 70.3 cm³/mol. The lowest BCUT2D eigenvalue weighted by Gasteiger charge is -2.30. The van der Waals surface area contributed by atoms with Gasteiger partial charge in [0.1, 0.15) is 5.82 Å². The van der Waals surface area contributed by atoms with E-state index in [9.17, 15) is 9.18 Å². The zero-order valence-corrected chi connectivity index (χ0v) is 10.9. The quantitative estimate of drug-likeness (QED) is 0.838. The number of carbonyl (C=O) groups excluding carboxylic acids is 1. The van der Waals surface area contributed by atoms with Crippen LogP contribution in [0.3, 0.4) is 0 Å². The summed E-state index contributed by atoms with van der Waals surface area (Å²) in [6, 6.07) is 5.75. The Bertz CT molecular complexity index is 407. The minimum atomic E-state index is -0.331. The Labute approximate surface area is 112 Å². The van der Waals surface area contributed by atoms with Gasteiger partial charge in [-0.15, -0.1) is 11.6 Å². The number of nitrogens with one attached hydrogen (secondary N) is 1. The molecule has 2 nitrogen and oxygen atoms in total. The molecule has 1 N–H and O–H groups in total. The van der Waals surface area contributed by atoms with Crippen molar-refractivity contribution in [3.63, 3.8) is 0 Å². The van der Waals surface area contributed by atoms with Crippen LogP contribution in [0.1, 0.15) is 36.0 Å². The van der Waals surface area contributed by atoms with Gasteiger partial charge in [-0.25, -0.2) is 4.39 Å². The molecule has 1 aliphatic rings. The van der Waals surface area contributed by atoms with Crippen LogP contribution in [-0.2, 0) is 0 Å². The molecule has 1 aromatic carbocycles. The Morgan fingerprint density at radius 1 is 1.28 bits per heavy atom. The van der Waals surface area contributed by atoms with Crippen molar-refractivity contribution in [3.8, 4) is 0 Å². The van der Waals surface area contributed by atoms with E-state index in [0.29, 0.717) is 17.4 Å². The van der Waals surface area contributed by atoms with Crippen molar-refractivity contribution in [1.29, 1.82) is 0 Å². The van der Waals surface area contributed by atoms with Crippen LogP contribution in [0.2, 0.25) is 0 Å². The Morgan fingerprint density at radius 2 is 1.94 bits per heavy atom. The molecule has 4 heteroatoms. The average molecular weight is 270 g/mol. The number of hydrogen-bond acceptors (Lipinski definition) is 1. The summed E-state index contributed by atoms with van der Waals surface area (Å²) in [4.78, 5) is 12.0. The maximum atomic E-state index is 12.8. The van der Waals surface area contributed by atoms with E-state index in [1.165, 1.54) is 30.7 Å². The third kappa shape index (κ3) is 3.22. The number of carbonyl (C=O) groups is 1. The molecule has 1 fully saturated rings. The van der Waals surface area contributed by atoms with E-state index in [-0.39, 0.29) is 17.8 Å². The number of halogens is 2. The lowest BCUT2D eigenvalue weighted by Crippen LogP contribution is -2.42. The molecule has 0 saturated heterocycles. The first-order valence-corrected chi connectivity index (χ1v) is 6.86. The van der Waals surface area contributed by atoms with Gasteiger partial charge in [0.2, 0.25) is 0 Å². The molecule has 1 aliphatic carbocycles. The van der Waals surface area contributed by atoms with E-state index >= 15 is 0 Å². The van der Waals surface area contributed by atoms with Crippen molar-refractivity contribution in [1.82, 2.24) is 5.32 Å². The van der Waals surface area contributed by atoms with Crippen molar-refractivity contribution < 1.29 is 9.18 Å². The molecule has 0 heterocycles. The van der Waals surface area contributed by atoms with Gasteiger partial charge in [-0.3, -0.25) is 4.79 Å². The van der Waals surface area contributed by atoms with Crippen molar-refractivity contribution in [3.05, 3.63) is 35.6 Å². The first kappa shape index (κ1) is 13.3. The second-order valence-electron chi connectivity index (χ2n) is 4.79. The number of rotatable bonds is 3. The minimum absolute atomic E-state index is 0.142. The third-order valence-corrected chi connectivity index (χ3v) is 3.93. The van der Waals surface area contributed by atoms with Gasteiger partial charge in [-0.1, -0.05) is 12.8 Å². The molecule has 2 rings (SSSR count). The van der Waals surface area contributed by atoms with Gasteiger partial charge in [-0.05, 0) is 43.0 Å². The summed E-state index contributed by atoms with van der Waals surface area (Å²) in [7, 11) is 0. The Morgan fingerprint density at radius 3 is 2.61 bits per heavy atom. The second-order valence-corrected chi connectivity index (χ2v) is 5.09. The highest BCUT2D eigenvalue weighted by Gasteiger charge is 2.25. The molecular formula is C14H17ClFNO. The van der Waals surface area contributed by atoms with Gasteiger partial charge < -0.3 is 5.32 Å². The summed E-state index contributed by atoms with van der Waals surface area (Å²) >= 11 is 5.92. The van der Waals surface area contributed by atoms with Gasteiger partial charge in [0.25, 0.3) is 5.91 Å². The normalized spacial score (nSPS) is 23.7. The van der Waals surface area contributed by atoms with Crippen LogP contribution < -0.4 is 5.32 Å². The molecule has 1 amide bonds. The number of benzene rings is 1. The maximum absolute atomic E-state index is 12.8. The van der Waals surface area contributed by atoms with Gasteiger partial charge in [-0.2, -0.15) is 0 Å². The van der Waals surface area contributed by atoms with Crippen LogP contribution in [0.5, 0.6) is 0 Å². The fourth-order valence-electron chi connectivity index (χ4n) is 2.44. The smallest absolute Gasteiger partial charge is 0.251 e. The van der Waals surface area contributed by atoms with Gasteiger partial charge in [0.05, 0.1) is 0 Å². The molecule has 2 unspecified atom stereocenters. The molecule has 0 aliphatic heterocycles. The van der Waals surface area contributed by atoms with Crippen molar-refractivity contribution in [2.45, 2.75) is 31.7 Å². The fraction of sp³-hybridized carbons (Fsp3) is 0.500. The Hall–Kier alpha value is -1.09. The highest BCUT2D eigenvalue weighted by atomic mass is 35.5. The van der Waals surface area contributed by atoms with E-state index in [1.54, 1.807) is 0 Å². The molecule has 0 bridgehead atoms. The summed E-state index contributed by atoms with van der Waals surface area (Å²) in [5.41, 5.74) is 0.496. The maximum Gasteiger partial charge on any atom is 0.251 e. The summed E-state index contributed by atoms with van der Waals surface area (Å²) in [6.45, 7) is 0. The van der Waals surface area contributed by atoms with Crippen molar-refractivity contribution >= 4 is 17.5 Å². The van der Waals surface area contributed by atoms with Gasteiger partial charge in [0.15, 0.2) is 0 Å². The van der Waals surface area contributed by atoms with Crippen LogP contribution in [0.15, 0.2) is 24.3 Å². The van der Waals surface area contributed by atoms with Gasteiger partial charge in [0, 0.05) is 17.5 Å². The SMILES string of the molecule is O=C(NC1CCCCC1CCl)c1ccc(F)cc1. The lowest BCUT2D eigenvalue weighted by atomic mass is 9.85. The summed E-state index contributed by atoms with van der Waals surface area (Å²) < 4.78 is 12.8. The zero-order chi connectivity index (χ0) is 13.0. The molecular weight excluding hydrogens is 253 g/mol. The molecule has 0 radical (unpaired) electrons. The highest BCUT2D eigenvalue weighted by Crippen LogP contribution is 2.25. The second kappa shape index (κ2) is 6.19. The van der Waals surface area contributed by atoms with E-state index in [0.717, 1.165) is 19.3 Å². The third-order valence-electron chi connectivity index (χ3n) is 3.53. The van der Waals surface area contributed by atoms with Crippen LogP contribution in [0.25, 0.3) is 0 Å². The van der Waals surface area contributed by atoms with E-state index < -0.39 is 0 Å². The fourth-order valence-corrected chi connectivity index (χ4v) is 2.80. The average Bonchev–Trinajstić information content (AvgIpc) is 2.40. The summed E-state index contributed by atoms with van der Waals surface area (Å²) in [5, 5.41) is 3.01. The zero-order valence-electron chi connectivity index (χ0n) is 10.2. The van der Waals surface area contributed by atoms with Crippen LogP contribution >= 0.6 is 11.6 Å². The highest BCUT2D eigenvalue weighted by molar-refractivity contribution is 6.18. The molecule has 98 valence electrons. The summed E-state index contributed by atoms with van der Waals surface area (Å²) in [5.74, 6) is 0.457. The predicted octanol–water partition coefficient (Wildman–Crippen LogP) is 3.35. The monoisotopic (exact) mass is 269 g/mol. The molecule has 0 aromatic heterocycles. The largest absolute Gasteiger partial charge is 0.349 e. The van der Waals surface area contributed by atoms with E-state index in [1.807, 2.05) is 0 Å². The number of amides is 1. The van der Waals surface area contributed by atoms with Crippen LogP contribution in [0.4, 0.5) is 4.39 Å². The summed E-state index contributed by atoms with van der Waals surface area (Å²) in [6.07, 6.45) is 4.35. The van der Waals surface area contributed by atoms with Crippen LogP contribution in [-0.4, -0.2) is 17.8 Å².